The lowest BCUT2D eigenvalue weighted by atomic mass is 10.2. The zero-order chi connectivity index (χ0) is 8.10. The van der Waals surface area contributed by atoms with Gasteiger partial charge in [-0.05, 0) is 43.4 Å². The van der Waals surface area contributed by atoms with Gasteiger partial charge in [-0.15, -0.1) is 11.3 Å². The monoisotopic (exact) mass is 169 g/mol. The molecule has 1 heterocycles. The van der Waals surface area contributed by atoms with Crippen molar-refractivity contribution < 1.29 is 0 Å². The Morgan fingerprint density at radius 3 is 3.00 bits per heavy atom. The number of aryl methyl sites for hydroxylation is 1. The summed E-state index contributed by atoms with van der Waals surface area (Å²) >= 11 is 1.87. The summed E-state index contributed by atoms with van der Waals surface area (Å²) in [4.78, 5) is 1.54. The van der Waals surface area contributed by atoms with Crippen LogP contribution in [0.1, 0.15) is 17.4 Å². The Morgan fingerprint density at radius 1 is 1.55 bits per heavy atom. The van der Waals surface area contributed by atoms with Crippen molar-refractivity contribution >= 4 is 11.3 Å². The second-order valence-corrected chi connectivity index (χ2v) is 3.58. The third kappa shape index (κ3) is 2.31. The number of hydrogen-bond acceptors (Lipinski definition) is 2. The van der Waals surface area contributed by atoms with Gasteiger partial charge in [-0.25, -0.2) is 0 Å². The molecule has 0 saturated heterocycles. The second-order valence-electron chi connectivity index (χ2n) is 2.58. The number of likely N-dealkylation sites (N-methyl/N-ethyl adjacent to an activating group) is 1. The first-order valence-corrected chi connectivity index (χ1v) is 4.96. The molecule has 0 aromatic carbocycles. The lowest BCUT2D eigenvalue weighted by molar-refractivity contribution is 0.794. The highest BCUT2D eigenvalue weighted by atomic mass is 32.1. The third-order valence-electron chi connectivity index (χ3n) is 1.82. The van der Waals surface area contributed by atoms with Gasteiger partial charge in [0.1, 0.15) is 0 Å². The maximum Gasteiger partial charge on any atom is 0.00897 e. The van der Waals surface area contributed by atoms with Crippen LogP contribution in [0.25, 0.3) is 0 Å². The average molecular weight is 169 g/mol. The highest BCUT2D eigenvalue weighted by Crippen LogP contribution is 2.17. The van der Waals surface area contributed by atoms with E-state index in [-0.39, 0.29) is 0 Å². The molecule has 1 nitrogen and oxygen atoms in total. The predicted octanol–water partition coefficient (Wildman–Crippen LogP) is 2.07. The smallest absolute Gasteiger partial charge is 0.00897 e. The number of hydrogen-bond donors (Lipinski definition) is 1. The number of nitrogens with one attached hydrogen (secondary N) is 1. The Morgan fingerprint density at radius 2 is 2.36 bits per heavy atom. The standard InChI is InChI=1S/C9H15NS/c1-3-8-5-7-11-9(8)4-6-10-2/h5,7,10H,3-4,6H2,1-2H3. The van der Waals surface area contributed by atoms with Crippen molar-refractivity contribution in [1.29, 1.82) is 0 Å². The SMILES string of the molecule is CCc1ccsc1CCNC. The molecule has 0 aliphatic rings. The van der Waals surface area contributed by atoms with Crippen molar-refractivity contribution in [3.8, 4) is 0 Å². The fourth-order valence-corrected chi connectivity index (χ4v) is 2.12. The van der Waals surface area contributed by atoms with E-state index in [1.54, 1.807) is 4.88 Å². The van der Waals surface area contributed by atoms with Crippen LogP contribution in [0.15, 0.2) is 11.4 Å². The first-order chi connectivity index (χ1) is 5.38. The zero-order valence-corrected chi connectivity index (χ0v) is 8.00. The molecule has 1 aromatic rings. The molecule has 2 heteroatoms. The van der Waals surface area contributed by atoms with Crippen LogP contribution < -0.4 is 5.32 Å². The molecular formula is C9H15NS. The summed E-state index contributed by atoms with van der Waals surface area (Å²) in [7, 11) is 2.00. The first kappa shape index (κ1) is 8.75. The maximum atomic E-state index is 3.16. The Balaban J connectivity index is 2.54. The summed E-state index contributed by atoms with van der Waals surface area (Å²) in [5.41, 5.74) is 1.52. The van der Waals surface area contributed by atoms with Crippen molar-refractivity contribution in [1.82, 2.24) is 5.32 Å². The summed E-state index contributed by atoms with van der Waals surface area (Å²) in [6, 6.07) is 2.23. The molecule has 0 radical (unpaired) electrons. The largest absolute Gasteiger partial charge is 0.319 e. The van der Waals surface area contributed by atoms with Crippen LogP contribution >= 0.6 is 11.3 Å². The quantitative estimate of drug-likeness (QED) is 0.727. The van der Waals surface area contributed by atoms with Gasteiger partial charge in [0.2, 0.25) is 0 Å². The highest BCUT2D eigenvalue weighted by molar-refractivity contribution is 7.10. The molecule has 11 heavy (non-hydrogen) atoms. The van der Waals surface area contributed by atoms with Crippen molar-refractivity contribution in [2.75, 3.05) is 13.6 Å². The average Bonchev–Trinajstić information content (AvgIpc) is 2.47. The predicted molar refractivity (Wildman–Crippen MR) is 51.3 cm³/mol. The molecule has 0 bridgehead atoms. The van der Waals surface area contributed by atoms with E-state index in [4.69, 9.17) is 0 Å². The Labute approximate surface area is 72.4 Å². The van der Waals surface area contributed by atoms with Gasteiger partial charge < -0.3 is 5.32 Å². The van der Waals surface area contributed by atoms with Gasteiger partial charge >= 0.3 is 0 Å². The molecule has 62 valence electrons. The maximum absolute atomic E-state index is 3.16. The van der Waals surface area contributed by atoms with Crippen LogP contribution in [0.3, 0.4) is 0 Å². The fraction of sp³-hybridized carbons (Fsp3) is 0.556. The molecule has 1 N–H and O–H groups in total. The van der Waals surface area contributed by atoms with Gasteiger partial charge in [0, 0.05) is 4.88 Å². The molecule has 1 aromatic heterocycles. The molecule has 0 amide bonds. The number of rotatable bonds is 4. The third-order valence-corrected chi connectivity index (χ3v) is 2.84. The Kier molecular flexibility index (Phi) is 3.60. The molecule has 0 aliphatic heterocycles. The van der Waals surface area contributed by atoms with Crippen LogP contribution in [0.4, 0.5) is 0 Å². The summed E-state index contributed by atoms with van der Waals surface area (Å²) < 4.78 is 0. The highest BCUT2D eigenvalue weighted by Gasteiger charge is 1.99. The van der Waals surface area contributed by atoms with Gasteiger partial charge in [0.15, 0.2) is 0 Å². The molecule has 0 spiro atoms. The van der Waals surface area contributed by atoms with Gasteiger partial charge in [0.05, 0.1) is 0 Å². The van der Waals surface area contributed by atoms with Crippen LogP contribution in [0.5, 0.6) is 0 Å². The van der Waals surface area contributed by atoms with Crippen LogP contribution in [-0.4, -0.2) is 13.6 Å². The Hall–Kier alpha value is -0.340. The molecule has 1 rings (SSSR count). The van der Waals surface area contributed by atoms with Crippen LogP contribution in [0.2, 0.25) is 0 Å². The van der Waals surface area contributed by atoms with E-state index in [2.05, 4.69) is 23.7 Å². The number of thiophene rings is 1. The van der Waals surface area contributed by atoms with Crippen molar-refractivity contribution in [2.45, 2.75) is 19.8 Å². The lowest BCUT2D eigenvalue weighted by Gasteiger charge is -1.99. The van der Waals surface area contributed by atoms with E-state index in [0.29, 0.717) is 0 Å². The van der Waals surface area contributed by atoms with Gasteiger partial charge in [-0.1, -0.05) is 6.92 Å². The molecular weight excluding hydrogens is 154 g/mol. The van der Waals surface area contributed by atoms with Crippen molar-refractivity contribution in [3.05, 3.63) is 21.9 Å². The van der Waals surface area contributed by atoms with Crippen LogP contribution in [0, 0.1) is 0 Å². The van der Waals surface area contributed by atoms with Crippen molar-refractivity contribution in [3.63, 3.8) is 0 Å². The minimum absolute atomic E-state index is 1.09. The lowest BCUT2D eigenvalue weighted by Crippen LogP contribution is -2.10. The topological polar surface area (TPSA) is 12.0 Å². The van der Waals surface area contributed by atoms with Gasteiger partial charge in [0.25, 0.3) is 0 Å². The van der Waals surface area contributed by atoms with E-state index < -0.39 is 0 Å². The molecule has 0 unspecified atom stereocenters. The summed E-state index contributed by atoms with van der Waals surface area (Å²) in [6.45, 7) is 3.30. The van der Waals surface area contributed by atoms with E-state index in [0.717, 1.165) is 6.54 Å². The molecule has 0 atom stereocenters. The first-order valence-electron chi connectivity index (χ1n) is 4.08. The van der Waals surface area contributed by atoms with Gasteiger partial charge in [-0.3, -0.25) is 0 Å². The molecule has 0 saturated carbocycles. The van der Waals surface area contributed by atoms with E-state index in [1.807, 2.05) is 18.4 Å². The van der Waals surface area contributed by atoms with Gasteiger partial charge in [-0.2, -0.15) is 0 Å². The summed E-state index contributed by atoms with van der Waals surface area (Å²) in [5.74, 6) is 0. The summed E-state index contributed by atoms with van der Waals surface area (Å²) in [5, 5.41) is 5.35. The van der Waals surface area contributed by atoms with E-state index in [1.165, 1.54) is 18.4 Å². The van der Waals surface area contributed by atoms with E-state index >= 15 is 0 Å². The fourth-order valence-electron chi connectivity index (χ4n) is 1.14. The molecule has 0 fully saturated rings. The van der Waals surface area contributed by atoms with Crippen LogP contribution in [-0.2, 0) is 12.8 Å². The molecule has 0 aliphatic carbocycles. The second kappa shape index (κ2) is 4.52. The summed E-state index contributed by atoms with van der Waals surface area (Å²) in [6.07, 6.45) is 2.35. The van der Waals surface area contributed by atoms with Crippen molar-refractivity contribution in [2.24, 2.45) is 0 Å². The van der Waals surface area contributed by atoms with E-state index in [9.17, 15) is 0 Å². The zero-order valence-electron chi connectivity index (χ0n) is 7.18. The Bertz CT molecular complexity index is 205. The minimum atomic E-state index is 1.09. The normalized spacial score (nSPS) is 10.4. The minimum Gasteiger partial charge on any atom is -0.319 e.